The van der Waals surface area contributed by atoms with Gasteiger partial charge in [-0.05, 0) is 18.2 Å². The maximum Gasteiger partial charge on any atom is 0.340 e. The average Bonchev–Trinajstić information content (AvgIpc) is 2.80. The second-order valence-corrected chi connectivity index (χ2v) is 4.23. The monoisotopic (exact) mass is 261 g/mol. The third kappa shape index (κ3) is 2.43. The molecule has 1 atom stereocenters. The number of methoxy groups -OCH3 is 1. The first-order chi connectivity index (χ1) is 9.06. The molecular formula is C14H12FNO3. The molecule has 1 aliphatic rings. The van der Waals surface area contributed by atoms with Crippen molar-refractivity contribution in [2.24, 2.45) is 5.92 Å². The van der Waals surface area contributed by atoms with Crippen molar-refractivity contribution in [2.45, 2.75) is 6.42 Å². The van der Waals surface area contributed by atoms with E-state index in [1.165, 1.54) is 24.1 Å². The van der Waals surface area contributed by atoms with Crippen molar-refractivity contribution in [1.29, 1.82) is 0 Å². The van der Waals surface area contributed by atoms with Gasteiger partial charge in [-0.15, -0.1) is 12.3 Å². The molecule has 2 rings (SSSR count). The van der Waals surface area contributed by atoms with Crippen LogP contribution in [-0.4, -0.2) is 25.5 Å². The molecule has 98 valence electrons. The molecule has 1 aliphatic heterocycles. The molecular weight excluding hydrogens is 249 g/mol. The molecule has 5 heteroatoms. The minimum atomic E-state index is -0.778. The Balaban J connectivity index is 2.34. The summed E-state index contributed by atoms with van der Waals surface area (Å²) in [5.41, 5.74) is 0.251. The van der Waals surface area contributed by atoms with Gasteiger partial charge in [0.25, 0.3) is 0 Å². The van der Waals surface area contributed by atoms with Gasteiger partial charge in [0, 0.05) is 24.6 Å². The fourth-order valence-electron chi connectivity index (χ4n) is 2.02. The van der Waals surface area contributed by atoms with E-state index < -0.39 is 11.8 Å². The summed E-state index contributed by atoms with van der Waals surface area (Å²) in [5.74, 6) is 0.776. The first-order valence-electron chi connectivity index (χ1n) is 5.71. The number of benzene rings is 1. The van der Waals surface area contributed by atoms with E-state index in [0.29, 0.717) is 12.2 Å². The van der Waals surface area contributed by atoms with Crippen LogP contribution in [0.1, 0.15) is 16.8 Å². The molecule has 4 nitrogen and oxygen atoms in total. The lowest BCUT2D eigenvalue weighted by molar-refractivity contribution is -0.117. The van der Waals surface area contributed by atoms with Gasteiger partial charge in [0.15, 0.2) is 0 Å². The number of hydrogen-bond acceptors (Lipinski definition) is 3. The molecule has 0 aliphatic carbocycles. The number of hydrogen-bond donors (Lipinski definition) is 0. The molecule has 0 spiro atoms. The number of ether oxygens (including phenoxy) is 1. The summed E-state index contributed by atoms with van der Waals surface area (Å²) in [7, 11) is 1.17. The smallest absolute Gasteiger partial charge is 0.340 e. The van der Waals surface area contributed by atoms with Crippen molar-refractivity contribution in [2.75, 3.05) is 18.6 Å². The summed E-state index contributed by atoms with van der Waals surface area (Å²) in [6, 6.07) is 3.88. The van der Waals surface area contributed by atoms with Crippen molar-refractivity contribution >= 4 is 17.6 Å². The summed E-state index contributed by atoms with van der Waals surface area (Å²) >= 11 is 0. The molecule has 0 saturated carbocycles. The molecule has 0 bridgehead atoms. The van der Waals surface area contributed by atoms with E-state index in [-0.39, 0.29) is 23.8 Å². The fraction of sp³-hybridized carbons (Fsp3) is 0.286. The predicted octanol–water partition coefficient (Wildman–Crippen LogP) is 1.60. The predicted molar refractivity (Wildman–Crippen MR) is 67.0 cm³/mol. The van der Waals surface area contributed by atoms with Crippen molar-refractivity contribution in [3.63, 3.8) is 0 Å². The highest BCUT2D eigenvalue weighted by Crippen LogP contribution is 2.26. The van der Waals surface area contributed by atoms with Crippen LogP contribution >= 0.6 is 0 Å². The van der Waals surface area contributed by atoms with Gasteiger partial charge >= 0.3 is 5.97 Å². The van der Waals surface area contributed by atoms with Crippen molar-refractivity contribution in [3.05, 3.63) is 29.6 Å². The molecule has 1 heterocycles. The number of esters is 1. The van der Waals surface area contributed by atoms with Crippen LogP contribution in [0.2, 0.25) is 0 Å². The van der Waals surface area contributed by atoms with Crippen molar-refractivity contribution < 1.29 is 18.7 Å². The van der Waals surface area contributed by atoms with Gasteiger partial charge < -0.3 is 9.64 Å². The topological polar surface area (TPSA) is 46.6 Å². The maximum atomic E-state index is 13.5. The van der Waals surface area contributed by atoms with Gasteiger partial charge in [-0.25, -0.2) is 9.18 Å². The summed E-state index contributed by atoms with van der Waals surface area (Å²) < 4.78 is 18.0. The first kappa shape index (κ1) is 13.1. The van der Waals surface area contributed by atoms with Gasteiger partial charge in [-0.2, -0.15) is 0 Å². The number of halogens is 1. The molecule has 1 aromatic rings. The second-order valence-electron chi connectivity index (χ2n) is 4.23. The quantitative estimate of drug-likeness (QED) is 0.600. The third-order valence-electron chi connectivity index (χ3n) is 3.03. The Morgan fingerprint density at radius 1 is 1.58 bits per heavy atom. The Hall–Kier alpha value is -2.35. The van der Waals surface area contributed by atoms with Crippen molar-refractivity contribution in [1.82, 2.24) is 0 Å². The number of terminal acetylenes is 1. The van der Waals surface area contributed by atoms with Gasteiger partial charge in [0.1, 0.15) is 5.82 Å². The number of anilines is 1. The molecule has 1 aromatic carbocycles. The number of carbonyl (C=O) groups excluding carboxylic acids is 2. The Labute approximate surface area is 110 Å². The van der Waals surface area contributed by atoms with Crippen LogP contribution in [0.4, 0.5) is 10.1 Å². The highest BCUT2D eigenvalue weighted by Gasteiger charge is 2.30. The van der Waals surface area contributed by atoms with Gasteiger partial charge in [0.05, 0.1) is 12.7 Å². The lowest BCUT2D eigenvalue weighted by Gasteiger charge is -2.16. The van der Waals surface area contributed by atoms with Crippen LogP contribution < -0.4 is 4.90 Å². The van der Waals surface area contributed by atoms with Gasteiger partial charge in [-0.1, -0.05) is 0 Å². The minimum absolute atomic E-state index is 0.134. The van der Waals surface area contributed by atoms with E-state index in [1.54, 1.807) is 0 Å². The SMILES string of the molecule is C#CC1CC(=O)N(c2ccc(F)c(C(=O)OC)c2)C1. The standard InChI is InChI=1S/C14H12FNO3/c1-3-9-6-13(17)16(8-9)10-4-5-12(15)11(7-10)14(18)19-2/h1,4-5,7,9H,6,8H2,2H3. The number of carbonyl (C=O) groups is 2. The van der Waals surface area contributed by atoms with E-state index in [2.05, 4.69) is 10.7 Å². The zero-order valence-electron chi connectivity index (χ0n) is 10.4. The zero-order chi connectivity index (χ0) is 14.0. The zero-order valence-corrected chi connectivity index (χ0v) is 10.4. The lowest BCUT2D eigenvalue weighted by Crippen LogP contribution is -2.24. The molecule has 0 aromatic heterocycles. The highest BCUT2D eigenvalue weighted by atomic mass is 19.1. The number of nitrogens with zero attached hydrogens (tertiary/aromatic N) is 1. The van der Waals surface area contributed by atoms with Gasteiger partial charge in [-0.3, -0.25) is 4.79 Å². The first-order valence-corrected chi connectivity index (χ1v) is 5.71. The van der Waals surface area contributed by atoms with Gasteiger partial charge in [0.2, 0.25) is 5.91 Å². The largest absolute Gasteiger partial charge is 0.465 e. The minimum Gasteiger partial charge on any atom is -0.465 e. The Morgan fingerprint density at radius 2 is 2.32 bits per heavy atom. The summed E-state index contributed by atoms with van der Waals surface area (Å²) in [6.07, 6.45) is 5.56. The van der Waals surface area contributed by atoms with Crippen molar-refractivity contribution in [3.8, 4) is 12.3 Å². The van der Waals surface area contributed by atoms with Crippen LogP contribution in [0.3, 0.4) is 0 Å². The number of rotatable bonds is 2. The molecule has 1 fully saturated rings. The molecule has 1 saturated heterocycles. The van der Waals surface area contributed by atoms with Crippen LogP contribution in [0.15, 0.2) is 18.2 Å². The summed E-state index contributed by atoms with van der Waals surface area (Å²) in [5, 5.41) is 0. The van der Waals surface area contributed by atoms with Crippen LogP contribution in [0, 0.1) is 24.1 Å². The Bertz CT molecular complexity index is 577. The molecule has 1 amide bonds. The number of amides is 1. The average molecular weight is 261 g/mol. The molecule has 0 N–H and O–H groups in total. The second kappa shape index (κ2) is 5.11. The Morgan fingerprint density at radius 3 is 2.89 bits per heavy atom. The van der Waals surface area contributed by atoms with Crippen LogP contribution in [0.5, 0.6) is 0 Å². The van der Waals surface area contributed by atoms with E-state index in [1.807, 2.05) is 0 Å². The van der Waals surface area contributed by atoms with E-state index >= 15 is 0 Å². The molecule has 0 radical (unpaired) electrons. The molecule has 19 heavy (non-hydrogen) atoms. The van der Waals surface area contributed by atoms with E-state index in [4.69, 9.17) is 6.42 Å². The third-order valence-corrected chi connectivity index (χ3v) is 3.03. The Kier molecular flexibility index (Phi) is 3.52. The maximum absolute atomic E-state index is 13.5. The van der Waals surface area contributed by atoms with Crippen LogP contribution in [-0.2, 0) is 9.53 Å². The normalized spacial score (nSPS) is 18.3. The lowest BCUT2D eigenvalue weighted by atomic mass is 10.1. The van der Waals surface area contributed by atoms with E-state index in [9.17, 15) is 14.0 Å². The molecule has 1 unspecified atom stereocenters. The summed E-state index contributed by atoms with van der Waals surface area (Å²) in [6.45, 7) is 0.377. The summed E-state index contributed by atoms with van der Waals surface area (Å²) in [4.78, 5) is 24.7. The van der Waals surface area contributed by atoms with E-state index in [0.717, 1.165) is 6.07 Å². The highest BCUT2D eigenvalue weighted by molar-refractivity contribution is 5.98. The van der Waals surface area contributed by atoms with Crippen LogP contribution in [0.25, 0.3) is 0 Å². The fourth-order valence-corrected chi connectivity index (χ4v) is 2.02.